The number of aryl methyl sites for hydroxylation is 1. The van der Waals surface area contributed by atoms with Gasteiger partial charge in [-0.2, -0.15) is 0 Å². The maximum absolute atomic E-state index is 12.2. The Morgan fingerprint density at radius 1 is 1.15 bits per heavy atom. The van der Waals surface area contributed by atoms with Crippen LogP contribution in [0.25, 0.3) is 0 Å². The molecule has 1 saturated heterocycles. The molecule has 0 atom stereocenters. The van der Waals surface area contributed by atoms with Gasteiger partial charge in [-0.1, -0.05) is 19.3 Å². The summed E-state index contributed by atoms with van der Waals surface area (Å²) in [6, 6.07) is 1.93. The van der Waals surface area contributed by atoms with Gasteiger partial charge in [0, 0.05) is 25.0 Å². The Morgan fingerprint density at radius 2 is 1.85 bits per heavy atom. The van der Waals surface area contributed by atoms with Crippen LogP contribution in [-0.4, -0.2) is 34.9 Å². The second-order valence-electron chi connectivity index (χ2n) is 6.83. The van der Waals surface area contributed by atoms with Crippen LogP contribution in [0.2, 0.25) is 0 Å². The zero-order valence-electron chi connectivity index (χ0n) is 12.6. The van der Waals surface area contributed by atoms with Crippen LogP contribution in [0.4, 0.5) is 0 Å². The van der Waals surface area contributed by atoms with E-state index in [9.17, 15) is 4.79 Å². The highest BCUT2D eigenvalue weighted by atomic mass is 16.1. The van der Waals surface area contributed by atoms with E-state index in [0.717, 1.165) is 18.7 Å². The summed E-state index contributed by atoms with van der Waals surface area (Å²) in [6.07, 6.45) is 13.6. The first kappa shape index (κ1) is 13.9. The SMILES string of the molecule is Cn1ccc(C(=O)CN2CCC3(CCCCC3)CC2)c1. The van der Waals surface area contributed by atoms with Crippen LogP contribution in [-0.2, 0) is 7.05 Å². The van der Waals surface area contributed by atoms with Crippen molar-refractivity contribution in [2.24, 2.45) is 12.5 Å². The minimum absolute atomic E-state index is 0.269. The summed E-state index contributed by atoms with van der Waals surface area (Å²) in [5, 5.41) is 0. The number of piperidine rings is 1. The molecule has 1 spiro atoms. The number of Topliss-reactive ketones (excluding diaryl/α,β-unsaturated/α-hetero) is 1. The molecular formula is C17H26N2O. The molecule has 3 nitrogen and oxygen atoms in total. The minimum Gasteiger partial charge on any atom is -0.357 e. The van der Waals surface area contributed by atoms with E-state index in [-0.39, 0.29) is 5.78 Å². The molecule has 110 valence electrons. The lowest BCUT2D eigenvalue weighted by Crippen LogP contribution is -2.43. The van der Waals surface area contributed by atoms with Crippen molar-refractivity contribution >= 4 is 5.78 Å². The van der Waals surface area contributed by atoms with Gasteiger partial charge < -0.3 is 4.57 Å². The molecule has 1 aliphatic carbocycles. The third-order valence-corrected chi connectivity index (χ3v) is 5.35. The number of hydrogen-bond donors (Lipinski definition) is 0. The van der Waals surface area contributed by atoms with Crippen LogP contribution in [0, 0.1) is 5.41 Å². The Balaban J connectivity index is 1.52. The monoisotopic (exact) mass is 274 g/mol. The molecule has 3 heteroatoms. The Hall–Kier alpha value is -1.09. The normalized spacial score (nSPS) is 23.1. The lowest BCUT2D eigenvalue weighted by molar-refractivity contribution is 0.0611. The molecule has 2 fully saturated rings. The summed E-state index contributed by atoms with van der Waals surface area (Å²) < 4.78 is 1.94. The molecule has 1 aromatic rings. The fourth-order valence-corrected chi connectivity index (χ4v) is 3.95. The Bertz CT molecular complexity index is 461. The fourth-order valence-electron chi connectivity index (χ4n) is 3.95. The van der Waals surface area contributed by atoms with E-state index in [2.05, 4.69) is 4.90 Å². The van der Waals surface area contributed by atoms with Crippen LogP contribution in [0.3, 0.4) is 0 Å². The zero-order valence-corrected chi connectivity index (χ0v) is 12.6. The molecule has 2 heterocycles. The molecule has 20 heavy (non-hydrogen) atoms. The molecule has 0 aromatic carbocycles. The van der Waals surface area contributed by atoms with Gasteiger partial charge in [-0.3, -0.25) is 9.69 Å². The fraction of sp³-hybridized carbons (Fsp3) is 0.706. The molecule has 0 unspecified atom stereocenters. The standard InChI is InChI=1S/C17H26N2O/c1-18-10-5-15(13-18)16(20)14-19-11-8-17(9-12-19)6-3-2-4-7-17/h5,10,13H,2-4,6-9,11-12,14H2,1H3. The zero-order chi connectivity index (χ0) is 14.0. The second kappa shape index (κ2) is 5.72. The van der Waals surface area contributed by atoms with Crippen LogP contribution >= 0.6 is 0 Å². The molecule has 1 aliphatic heterocycles. The topological polar surface area (TPSA) is 25.2 Å². The molecule has 1 saturated carbocycles. The van der Waals surface area contributed by atoms with Gasteiger partial charge in [0.15, 0.2) is 5.78 Å². The van der Waals surface area contributed by atoms with E-state index in [1.807, 2.05) is 30.1 Å². The molecular weight excluding hydrogens is 248 g/mol. The quantitative estimate of drug-likeness (QED) is 0.791. The Kier molecular flexibility index (Phi) is 3.97. The van der Waals surface area contributed by atoms with E-state index in [1.54, 1.807) is 0 Å². The number of aromatic nitrogens is 1. The summed E-state index contributed by atoms with van der Waals surface area (Å²) in [5.74, 6) is 0.269. The van der Waals surface area contributed by atoms with Gasteiger partial charge in [-0.05, 0) is 50.3 Å². The van der Waals surface area contributed by atoms with Crippen molar-refractivity contribution in [1.29, 1.82) is 0 Å². The van der Waals surface area contributed by atoms with E-state index >= 15 is 0 Å². The number of likely N-dealkylation sites (tertiary alicyclic amines) is 1. The van der Waals surface area contributed by atoms with Crippen molar-refractivity contribution in [1.82, 2.24) is 9.47 Å². The van der Waals surface area contributed by atoms with Crippen LogP contribution in [0.1, 0.15) is 55.3 Å². The summed E-state index contributed by atoms with van der Waals surface area (Å²) >= 11 is 0. The van der Waals surface area contributed by atoms with Crippen molar-refractivity contribution in [2.45, 2.75) is 44.9 Å². The minimum atomic E-state index is 0.269. The number of hydrogen-bond acceptors (Lipinski definition) is 2. The molecule has 0 N–H and O–H groups in total. The van der Waals surface area contributed by atoms with Crippen molar-refractivity contribution in [3.05, 3.63) is 24.0 Å². The van der Waals surface area contributed by atoms with Gasteiger partial charge in [0.25, 0.3) is 0 Å². The summed E-state index contributed by atoms with van der Waals surface area (Å²) in [6.45, 7) is 2.82. The van der Waals surface area contributed by atoms with Crippen molar-refractivity contribution in [2.75, 3.05) is 19.6 Å². The Labute approximate surface area is 122 Å². The van der Waals surface area contributed by atoms with E-state index in [1.165, 1.54) is 44.9 Å². The lowest BCUT2D eigenvalue weighted by Gasteiger charge is -2.44. The van der Waals surface area contributed by atoms with Crippen molar-refractivity contribution in [3.63, 3.8) is 0 Å². The first-order valence-corrected chi connectivity index (χ1v) is 8.04. The highest BCUT2D eigenvalue weighted by molar-refractivity contribution is 5.97. The summed E-state index contributed by atoms with van der Waals surface area (Å²) in [7, 11) is 1.96. The van der Waals surface area contributed by atoms with Gasteiger partial charge in [-0.15, -0.1) is 0 Å². The highest BCUT2D eigenvalue weighted by Gasteiger charge is 2.35. The first-order valence-electron chi connectivity index (χ1n) is 8.04. The number of carbonyl (C=O) groups is 1. The molecule has 0 radical (unpaired) electrons. The van der Waals surface area contributed by atoms with Gasteiger partial charge >= 0.3 is 0 Å². The number of nitrogens with zero attached hydrogens (tertiary/aromatic N) is 2. The van der Waals surface area contributed by atoms with E-state index in [0.29, 0.717) is 12.0 Å². The Morgan fingerprint density at radius 3 is 2.45 bits per heavy atom. The maximum Gasteiger partial charge on any atom is 0.178 e. The number of ketones is 1. The van der Waals surface area contributed by atoms with Gasteiger partial charge in [0.1, 0.15) is 0 Å². The van der Waals surface area contributed by atoms with Gasteiger partial charge in [0.2, 0.25) is 0 Å². The molecule has 0 bridgehead atoms. The summed E-state index contributed by atoms with van der Waals surface area (Å²) in [4.78, 5) is 14.6. The predicted molar refractivity (Wildman–Crippen MR) is 80.9 cm³/mol. The third-order valence-electron chi connectivity index (χ3n) is 5.35. The average Bonchev–Trinajstić information content (AvgIpc) is 2.89. The summed E-state index contributed by atoms with van der Waals surface area (Å²) in [5.41, 5.74) is 1.48. The van der Waals surface area contributed by atoms with E-state index < -0.39 is 0 Å². The van der Waals surface area contributed by atoms with Crippen LogP contribution < -0.4 is 0 Å². The number of rotatable bonds is 3. The smallest absolute Gasteiger partial charge is 0.178 e. The molecule has 2 aliphatic rings. The average molecular weight is 274 g/mol. The third kappa shape index (κ3) is 2.98. The maximum atomic E-state index is 12.2. The second-order valence-corrected chi connectivity index (χ2v) is 6.83. The first-order chi connectivity index (χ1) is 9.67. The van der Waals surface area contributed by atoms with Crippen molar-refractivity contribution in [3.8, 4) is 0 Å². The van der Waals surface area contributed by atoms with Gasteiger partial charge in [-0.25, -0.2) is 0 Å². The van der Waals surface area contributed by atoms with Gasteiger partial charge in [0.05, 0.1) is 6.54 Å². The van der Waals surface area contributed by atoms with Crippen LogP contribution in [0.5, 0.6) is 0 Å². The van der Waals surface area contributed by atoms with Crippen LogP contribution in [0.15, 0.2) is 18.5 Å². The number of carbonyl (C=O) groups excluding carboxylic acids is 1. The largest absolute Gasteiger partial charge is 0.357 e. The highest BCUT2D eigenvalue weighted by Crippen LogP contribution is 2.44. The molecule has 1 aromatic heterocycles. The lowest BCUT2D eigenvalue weighted by atomic mass is 9.68. The van der Waals surface area contributed by atoms with E-state index in [4.69, 9.17) is 0 Å². The van der Waals surface area contributed by atoms with Crippen molar-refractivity contribution < 1.29 is 4.79 Å². The predicted octanol–water partition coefficient (Wildman–Crippen LogP) is 3.25. The molecule has 3 rings (SSSR count). The molecule has 0 amide bonds.